The molecule has 0 aliphatic carbocycles. The lowest BCUT2D eigenvalue weighted by atomic mass is 10.2. The van der Waals surface area contributed by atoms with Gasteiger partial charge in [-0.2, -0.15) is 8.78 Å². The van der Waals surface area contributed by atoms with Crippen LogP contribution in [0.3, 0.4) is 0 Å². The lowest BCUT2D eigenvalue weighted by Crippen LogP contribution is -2.22. The molecule has 134 valence electrons. The average Bonchev–Trinajstić information content (AvgIpc) is 2.56. The van der Waals surface area contributed by atoms with Crippen molar-refractivity contribution >= 4 is 28.9 Å². The van der Waals surface area contributed by atoms with E-state index in [2.05, 4.69) is 15.4 Å². The molecule has 2 rings (SSSR count). The molecule has 0 heterocycles. The van der Waals surface area contributed by atoms with Gasteiger partial charge in [0, 0.05) is 11.1 Å². The second-order valence-corrected chi connectivity index (χ2v) is 5.49. The van der Waals surface area contributed by atoms with Gasteiger partial charge >= 0.3 is 6.61 Å². The fourth-order valence-corrected chi connectivity index (χ4v) is 2.26. The Hall–Kier alpha value is -2.54. The standard InChI is InChI=1S/C17H17ClF2N2O3/c1-10-7-13(15(24-2)8-11(10)18)22-16(23)9-21-12-5-3-4-6-14(12)25-17(19)20/h3-8,17,21H,9H2,1-2H3,(H,22,23). The summed E-state index contributed by atoms with van der Waals surface area (Å²) in [5.41, 5.74) is 1.53. The van der Waals surface area contributed by atoms with Crippen molar-refractivity contribution in [1.82, 2.24) is 0 Å². The van der Waals surface area contributed by atoms with E-state index in [1.807, 2.05) is 0 Å². The van der Waals surface area contributed by atoms with Gasteiger partial charge in [-0.05, 0) is 30.7 Å². The molecule has 1 amide bonds. The number of ether oxygens (including phenoxy) is 2. The van der Waals surface area contributed by atoms with Gasteiger partial charge in [-0.25, -0.2) is 0 Å². The molecule has 0 saturated heterocycles. The maximum atomic E-state index is 12.4. The minimum atomic E-state index is -2.95. The van der Waals surface area contributed by atoms with Crippen molar-refractivity contribution in [2.45, 2.75) is 13.5 Å². The molecule has 8 heteroatoms. The van der Waals surface area contributed by atoms with Crippen LogP contribution in [0.25, 0.3) is 0 Å². The highest BCUT2D eigenvalue weighted by Crippen LogP contribution is 2.31. The molecule has 0 aliphatic heterocycles. The minimum absolute atomic E-state index is 0.0368. The van der Waals surface area contributed by atoms with Crippen molar-refractivity contribution in [2.75, 3.05) is 24.3 Å². The molecule has 25 heavy (non-hydrogen) atoms. The number of hydrogen-bond donors (Lipinski definition) is 2. The van der Waals surface area contributed by atoms with Crippen LogP contribution in [0.1, 0.15) is 5.56 Å². The third kappa shape index (κ3) is 5.22. The van der Waals surface area contributed by atoms with Crippen LogP contribution in [0.5, 0.6) is 11.5 Å². The van der Waals surface area contributed by atoms with Crippen LogP contribution in [0.2, 0.25) is 5.02 Å². The normalized spacial score (nSPS) is 10.5. The van der Waals surface area contributed by atoms with Crippen molar-refractivity contribution in [2.24, 2.45) is 0 Å². The fraction of sp³-hybridized carbons (Fsp3) is 0.235. The molecule has 0 unspecified atom stereocenters. The molecular weight excluding hydrogens is 354 g/mol. The maximum absolute atomic E-state index is 12.4. The van der Waals surface area contributed by atoms with Gasteiger partial charge in [-0.1, -0.05) is 23.7 Å². The quantitative estimate of drug-likeness (QED) is 0.762. The molecule has 0 aliphatic rings. The van der Waals surface area contributed by atoms with Crippen molar-refractivity contribution in [3.63, 3.8) is 0 Å². The smallest absolute Gasteiger partial charge is 0.387 e. The highest BCUT2D eigenvalue weighted by Gasteiger charge is 2.12. The number of halogens is 3. The number of aryl methyl sites for hydroxylation is 1. The van der Waals surface area contributed by atoms with E-state index in [1.54, 1.807) is 31.2 Å². The minimum Gasteiger partial charge on any atom is -0.495 e. The molecule has 0 saturated carbocycles. The summed E-state index contributed by atoms with van der Waals surface area (Å²) in [4.78, 5) is 12.1. The van der Waals surface area contributed by atoms with E-state index in [4.69, 9.17) is 16.3 Å². The molecule has 5 nitrogen and oxygen atoms in total. The third-order valence-electron chi connectivity index (χ3n) is 3.30. The summed E-state index contributed by atoms with van der Waals surface area (Å²) in [5, 5.41) is 5.97. The number of para-hydroxylation sites is 2. The number of methoxy groups -OCH3 is 1. The Balaban J connectivity index is 2.04. The maximum Gasteiger partial charge on any atom is 0.387 e. The Morgan fingerprint density at radius 2 is 1.92 bits per heavy atom. The molecule has 2 N–H and O–H groups in total. The van der Waals surface area contributed by atoms with Gasteiger partial charge in [0.25, 0.3) is 0 Å². The SMILES string of the molecule is COc1cc(Cl)c(C)cc1NC(=O)CNc1ccccc1OC(F)F. The average molecular weight is 371 g/mol. The van der Waals surface area contributed by atoms with Crippen molar-refractivity contribution < 1.29 is 23.0 Å². The lowest BCUT2D eigenvalue weighted by Gasteiger charge is -2.14. The second-order valence-electron chi connectivity index (χ2n) is 5.08. The largest absolute Gasteiger partial charge is 0.495 e. The third-order valence-corrected chi connectivity index (χ3v) is 3.70. The Kier molecular flexibility index (Phi) is 6.41. The molecule has 2 aromatic carbocycles. The first kappa shape index (κ1) is 18.8. The molecule has 0 bridgehead atoms. The van der Waals surface area contributed by atoms with E-state index >= 15 is 0 Å². The van der Waals surface area contributed by atoms with Crippen molar-refractivity contribution in [1.29, 1.82) is 0 Å². The Bertz CT molecular complexity index is 757. The highest BCUT2D eigenvalue weighted by molar-refractivity contribution is 6.31. The van der Waals surface area contributed by atoms with Crippen LogP contribution in [0, 0.1) is 6.92 Å². The zero-order valence-corrected chi connectivity index (χ0v) is 14.4. The van der Waals surface area contributed by atoms with Crippen molar-refractivity contribution in [3.8, 4) is 11.5 Å². The number of rotatable bonds is 7. The molecule has 0 atom stereocenters. The Morgan fingerprint density at radius 1 is 1.20 bits per heavy atom. The molecule has 2 aromatic rings. The number of nitrogens with one attached hydrogen (secondary N) is 2. The summed E-state index contributed by atoms with van der Waals surface area (Å²) in [6.45, 7) is -1.29. The second kappa shape index (κ2) is 8.53. The number of benzene rings is 2. The van der Waals surface area contributed by atoms with Crippen LogP contribution in [0.4, 0.5) is 20.2 Å². The van der Waals surface area contributed by atoms with E-state index < -0.39 is 6.61 Å². The topological polar surface area (TPSA) is 59.6 Å². The number of hydrogen-bond acceptors (Lipinski definition) is 4. The zero-order chi connectivity index (χ0) is 18.4. The van der Waals surface area contributed by atoms with Crippen LogP contribution in [-0.4, -0.2) is 26.2 Å². The Labute approximate surface area is 148 Å². The van der Waals surface area contributed by atoms with Gasteiger partial charge in [0.15, 0.2) is 0 Å². The van der Waals surface area contributed by atoms with E-state index in [9.17, 15) is 13.6 Å². The molecular formula is C17H17ClF2N2O3. The molecule has 0 aromatic heterocycles. The summed E-state index contributed by atoms with van der Waals surface area (Å²) in [7, 11) is 1.47. The van der Waals surface area contributed by atoms with Gasteiger partial charge < -0.3 is 20.1 Å². The predicted molar refractivity (Wildman–Crippen MR) is 92.9 cm³/mol. The number of amides is 1. The number of carbonyl (C=O) groups is 1. The molecule has 0 spiro atoms. The van der Waals surface area contributed by atoms with Crippen molar-refractivity contribution in [3.05, 3.63) is 47.0 Å². The van der Waals surface area contributed by atoms with E-state index in [1.165, 1.54) is 19.2 Å². The predicted octanol–water partition coefficient (Wildman–Crippen LogP) is 4.31. The summed E-state index contributed by atoms with van der Waals surface area (Å²) in [6, 6.07) is 9.42. The fourth-order valence-electron chi connectivity index (χ4n) is 2.11. The van der Waals surface area contributed by atoms with Crippen LogP contribution in [-0.2, 0) is 4.79 Å². The number of carbonyl (C=O) groups excluding carboxylic acids is 1. The molecule has 0 radical (unpaired) electrons. The lowest BCUT2D eigenvalue weighted by molar-refractivity contribution is -0.114. The van der Waals surface area contributed by atoms with Crippen LogP contribution >= 0.6 is 11.6 Å². The first-order valence-electron chi connectivity index (χ1n) is 7.32. The van der Waals surface area contributed by atoms with Crippen LogP contribution in [0.15, 0.2) is 36.4 Å². The number of alkyl halides is 2. The zero-order valence-electron chi connectivity index (χ0n) is 13.6. The summed E-state index contributed by atoms with van der Waals surface area (Å²) in [6.07, 6.45) is 0. The van der Waals surface area contributed by atoms with E-state index in [-0.39, 0.29) is 23.9 Å². The highest BCUT2D eigenvalue weighted by atomic mass is 35.5. The summed E-state index contributed by atoms with van der Waals surface area (Å²) in [5.74, 6) is 0.00229. The number of anilines is 2. The van der Waals surface area contributed by atoms with Gasteiger partial charge in [0.1, 0.15) is 11.5 Å². The van der Waals surface area contributed by atoms with Gasteiger partial charge in [0.05, 0.1) is 25.0 Å². The summed E-state index contributed by atoms with van der Waals surface area (Å²) < 4.78 is 34.4. The van der Waals surface area contributed by atoms with Gasteiger partial charge in [-0.15, -0.1) is 0 Å². The molecule has 0 fully saturated rings. The van der Waals surface area contributed by atoms with E-state index in [0.717, 1.165) is 5.56 Å². The monoisotopic (exact) mass is 370 g/mol. The van der Waals surface area contributed by atoms with Gasteiger partial charge in [0.2, 0.25) is 5.91 Å². The first-order valence-corrected chi connectivity index (χ1v) is 7.70. The summed E-state index contributed by atoms with van der Waals surface area (Å²) >= 11 is 6.02. The van der Waals surface area contributed by atoms with Crippen LogP contribution < -0.4 is 20.1 Å². The van der Waals surface area contributed by atoms with Gasteiger partial charge in [-0.3, -0.25) is 4.79 Å². The Morgan fingerprint density at radius 3 is 2.60 bits per heavy atom. The first-order chi connectivity index (χ1) is 11.9. The van der Waals surface area contributed by atoms with E-state index in [0.29, 0.717) is 16.5 Å².